The summed E-state index contributed by atoms with van der Waals surface area (Å²) in [5, 5.41) is 22.9. The average Bonchev–Trinajstić information content (AvgIpc) is 3.06. The van der Waals surface area contributed by atoms with Crippen LogP contribution in [0.25, 0.3) is 0 Å². The Bertz CT molecular complexity index is 1050. The molecule has 0 spiro atoms. The third-order valence-electron chi connectivity index (χ3n) is 8.09. The number of nitro groups is 1. The fourth-order valence-corrected chi connectivity index (χ4v) is 5.33. The minimum absolute atomic E-state index is 0.0110. The van der Waals surface area contributed by atoms with Gasteiger partial charge in [0, 0.05) is 31.4 Å². The molecule has 0 aliphatic heterocycles. The maximum atomic E-state index is 12.1. The van der Waals surface area contributed by atoms with Gasteiger partial charge in [-0.1, -0.05) is 103 Å². The van der Waals surface area contributed by atoms with Crippen LogP contribution < -0.4 is 14.8 Å². The summed E-state index contributed by atoms with van der Waals surface area (Å²) in [6.07, 6.45) is 20.6. The van der Waals surface area contributed by atoms with Crippen molar-refractivity contribution in [1.29, 1.82) is 0 Å². The third kappa shape index (κ3) is 22.1. The number of carbonyl (C=O) groups is 3. The van der Waals surface area contributed by atoms with E-state index in [1.807, 2.05) is 0 Å². The monoisotopic (exact) mass is 680 g/mol. The van der Waals surface area contributed by atoms with Crippen LogP contribution in [0.15, 0.2) is 12.1 Å². The number of hydrogen-bond acceptors (Lipinski definition) is 9. The number of carboxylic acids is 1. The van der Waals surface area contributed by atoms with Crippen molar-refractivity contribution in [2.24, 2.45) is 0 Å². The van der Waals surface area contributed by atoms with Gasteiger partial charge in [-0.05, 0) is 25.3 Å². The summed E-state index contributed by atoms with van der Waals surface area (Å²) in [5.74, 6) is -0.726. The predicted octanol–water partition coefficient (Wildman–Crippen LogP) is 8.70. The van der Waals surface area contributed by atoms with Crippen LogP contribution >= 0.6 is 0 Å². The Hall–Kier alpha value is -3.57. The van der Waals surface area contributed by atoms with Gasteiger partial charge >= 0.3 is 18.0 Å². The second-order valence-electron chi connectivity index (χ2n) is 12.2. The fourth-order valence-electron chi connectivity index (χ4n) is 5.33. The molecule has 0 radical (unpaired) electrons. The van der Waals surface area contributed by atoms with E-state index in [4.69, 9.17) is 24.1 Å². The standard InChI is InChI=1S/C36H60N2O10/c1-3-4-5-6-7-8-9-10-11-12-13-14-15-16-19-22-35(41)47-27-26-46-33-29-31(38(43)44)30(28-32(33)45-2)23-25-48-36(42)37-24-20-17-18-21-34(39)40/h28-29H,3-27H2,1-2H3,(H,37,42)(H,39,40). The molecule has 0 fully saturated rings. The number of methoxy groups -OCH3 is 1. The summed E-state index contributed by atoms with van der Waals surface area (Å²) in [5.41, 5.74) is 0.0963. The van der Waals surface area contributed by atoms with Gasteiger partial charge in [0.2, 0.25) is 0 Å². The highest BCUT2D eigenvalue weighted by Gasteiger charge is 2.20. The second-order valence-corrected chi connectivity index (χ2v) is 12.2. The molecule has 0 saturated carbocycles. The Morgan fingerprint density at radius 1 is 0.729 bits per heavy atom. The number of alkyl carbamates (subject to hydrolysis) is 1. The first kappa shape index (κ1) is 42.5. The lowest BCUT2D eigenvalue weighted by Crippen LogP contribution is -2.26. The maximum absolute atomic E-state index is 12.1. The van der Waals surface area contributed by atoms with Crippen LogP contribution in [0.4, 0.5) is 10.5 Å². The van der Waals surface area contributed by atoms with Crippen LogP contribution in [0.3, 0.4) is 0 Å². The number of esters is 1. The highest BCUT2D eigenvalue weighted by molar-refractivity contribution is 5.69. The highest BCUT2D eigenvalue weighted by Crippen LogP contribution is 2.35. The smallest absolute Gasteiger partial charge is 0.407 e. The predicted molar refractivity (Wildman–Crippen MR) is 185 cm³/mol. The number of hydrogen-bond donors (Lipinski definition) is 2. The lowest BCUT2D eigenvalue weighted by molar-refractivity contribution is -0.385. The topological polar surface area (TPSA) is 164 Å². The van der Waals surface area contributed by atoms with Crippen molar-refractivity contribution in [3.63, 3.8) is 0 Å². The summed E-state index contributed by atoms with van der Waals surface area (Å²) in [7, 11) is 1.41. The van der Waals surface area contributed by atoms with Crippen LogP contribution in [0.2, 0.25) is 0 Å². The van der Waals surface area contributed by atoms with Crippen molar-refractivity contribution in [3.05, 3.63) is 27.8 Å². The minimum Gasteiger partial charge on any atom is -0.493 e. The van der Waals surface area contributed by atoms with Gasteiger partial charge in [0.15, 0.2) is 11.5 Å². The molecule has 1 amide bonds. The molecule has 48 heavy (non-hydrogen) atoms. The summed E-state index contributed by atoms with van der Waals surface area (Å²) in [4.78, 5) is 45.7. The molecule has 0 bridgehead atoms. The van der Waals surface area contributed by atoms with Crippen molar-refractivity contribution in [2.45, 2.75) is 142 Å². The van der Waals surface area contributed by atoms with E-state index in [2.05, 4.69) is 12.2 Å². The number of nitrogens with one attached hydrogen (secondary N) is 1. The fraction of sp³-hybridized carbons (Fsp3) is 0.750. The molecule has 0 aliphatic carbocycles. The van der Waals surface area contributed by atoms with Crippen molar-refractivity contribution in [1.82, 2.24) is 5.32 Å². The van der Waals surface area contributed by atoms with Gasteiger partial charge in [-0.15, -0.1) is 0 Å². The minimum atomic E-state index is -0.853. The molecule has 1 rings (SSSR count). The molecule has 0 saturated heterocycles. The maximum Gasteiger partial charge on any atom is 0.407 e. The van der Waals surface area contributed by atoms with E-state index in [1.165, 1.54) is 96.3 Å². The molecule has 1 aromatic rings. The normalized spacial score (nSPS) is 10.8. The van der Waals surface area contributed by atoms with E-state index in [9.17, 15) is 24.5 Å². The third-order valence-corrected chi connectivity index (χ3v) is 8.09. The van der Waals surface area contributed by atoms with Gasteiger partial charge < -0.3 is 29.4 Å². The molecule has 0 aromatic heterocycles. The Morgan fingerprint density at radius 3 is 1.85 bits per heavy atom. The average molecular weight is 681 g/mol. The molecular formula is C36H60N2O10. The van der Waals surface area contributed by atoms with Gasteiger partial charge in [0.05, 0.1) is 24.7 Å². The quantitative estimate of drug-likeness (QED) is 0.0335. The summed E-state index contributed by atoms with van der Waals surface area (Å²) < 4.78 is 21.4. The molecule has 274 valence electrons. The molecular weight excluding hydrogens is 620 g/mol. The molecule has 0 heterocycles. The number of unbranched alkanes of at least 4 members (excludes halogenated alkanes) is 16. The van der Waals surface area contributed by atoms with E-state index in [-0.39, 0.29) is 55.8 Å². The molecule has 12 heteroatoms. The number of nitrogens with zero attached hydrogens (tertiary/aromatic N) is 1. The summed E-state index contributed by atoms with van der Waals surface area (Å²) in [6, 6.07) is 2.72. The van der Waals surface area contributed by atoms with Gasteiger partial charge in [-0.3, -0.25) is 19.7 Å². The van der Waals surface area contributed by atoms with Gasteiger partial charge in [-0.25, -0.2) is 4.79 Å². The number of nitro benzene ring substituents is 1. The number of ether oxygens (including phenoxy) is 4. The Balaban J connectivity index is 2.23. The Labute approximate surface area is 286 Å². The summed E-state index contributed by atoms with van der Waals surface area (Å²) >= 11 is 0. The van der Waals surface area contributed by atoms with Crippen molar-refractivity contribution < 1.29 is 43.4 Å². The van der Waals surface area contributed by atoms with Crippen LogP contribution in [0.1, 0.15) is 141 Å². The van der Waals surface area contributed by atoms with E-state index < -0.39 is 17.0 Å². The number of amides is 1. The molecule has 1 aromatic carbocycles. The number of aliphatic carboxylic acids is 1. The van der Waals surface area contributed by atoms with E-state index in [0.717, 1.165) is 19.3 Å². The van der Waals surface area contributed by atoms with Gasteiger partial charge in [0.25, 0.3) is 5.69 Å². The number of benzene rings is 1. The molecule has 0 aliphatic rings. The van der Waals surface area contributed by atoms with Crippen LogP contribution in [-0.4, -0.2) is 61.5 Å². The van der Waals surface area contributed by atoms with Crippen molar-refractivity contribution >= 4 is 23.7 Å². The Kier molecular flexibility index (Phi) is 25.2. The van der Waals surface area contributed by atoms with Crippen molar-refractivity contribution in [2.75, 3.05) is 33.5 Å². The lowest BCUT2D eigenvalue weighted by atomic mass is 10.0. The zero-order valence-corrected chi connectivity index (χ0v) is 29.4. The largest absolute Gasteiger partial charge is 0.493 e. The first-order valence-corrected chi connectivity index (χ1v) is 18.0. The van der Waals surface area contributed by atoms with Gasteiger partial charge in [-0.2, -0.15) is 0 Å². The first-order chi connectivity index (χ1) is 23.3. The number of carboxylic acid groups (broad SMARTS) is 1. The molecule has 0 unspecified atom stereocenters. The Morgan fingerprint density at radius 2 is 1.29 bits per heavy atom. The van der Waals surface area contributed by atoms with Gasteiger partial charge in [0.1, 0.15) is 13.2 Å². The zero-order chi connectivity index (χ0) is 35.2. The van der Waals surface area contributed by atoms with Crippen molar-refractivity contribution in [3.8, 4) is 11.5 Å². The van der Waals surface area contributed by atoms with E-state index in [0.29, 0.717) is 37.8 Å². The van der Waals surface area contributed by atoms with E-state index in [1.54, 1.807) is 0 Å². The van der Waals surface area contributed by atoms with Crippen LogP contribution in [-0.2, 0) is 25.5 Å². The second kappa shape index (κ2) is 28.4. The molecule has 0 atom stereocenters. The summed E-state index contributed by atoms with van der Waals surface area (Å²) in [6.45, 7) is 2.52. The molecule has 2 N–H and O–H groups in total. The lowest BCUT2D eigenvalue weighted by Gasteiger charge is -2.13. The van der Waals surface area contributed by atoms with Crippen LogP contribution in [0, 0.1) is 10.1 Å². The van der Waals surface area contributed by atoms with Crippen LogP contribution in [0.5, 0.6) is 11.5 Å². The molecule has 12 nitrogen and oxygen atoms in total. The van der Waals surface area contributed by atoms with E-state index >= 15 is 0 Å². The highest BCUT2D eigenvalue weighted by atomic mass is 16.6. The first-order valence-electron chi connectivity index (χ1n) is 18.0. The number of carbonyl (C=O) groups excluding carboxylic acids is 2. The zero-order valence-electron chi connectivity index (χ0n) is 29.4. The number of rotatable bonds is 31. The SMILES string of the molecule is CCCCCCCCCCCCCCCCCC(=O)OCCOc1cc([N+](=O)[O-])c(CCOC(=O)NCCCCCC(=O)O)cc1OC.